The fourth-order valence-corrected chi connectivity index (χ4v) is 3.02. The molecule has 1 aromatic rings. The van der Waals surface area contributed by atoms with Gasteiger partial charge in [0.25, 0.3) is 0 Å². The third-order valence-corrected chi connectivity index (χ3v) is 4.49. The summed E-state index contributed by atoms with van der Waals surface area (Å²) in [4.78, 5) is 2.43. The van der Waals surface area contributed by atoms with Gasteiger partial charge in [0.2, 0.25) is 0 Å². The van der Waals surface area contributed by atoms with Crippen molar-refractivity contribution in [2.75, 3.05) is 32.1 Å². The third kappa shape index (κ3) is 1.97. The number of rotatable bonds is 3. The molecule has 2 aliphatic heterocycles. The van der Waals surface area contributed by atoms with E-state index >= 15 is 0 Å². The van der Waals surface area contributed by atoms with Gasteiger partial charge in [-0.25, -0.2) is 0 Å². The van der Waals surface area contributed by atoms with Crippen LogP contribution >= 0.6 is 0 Å². The Morgan fingerprint density at radius 2 is 2.33 bits per heavy atom. The molecule has 18 heavy (non-hydrogen) atoms. The van der Waals surface area contributed by atoms with E-state index in [1.165, 1.54) is 30.6 Å². The predicted molar refractivity (Wildman–Crippen MR) is 74.4 cm³/mol. The van der Waals surface area contributed by atoms with Gasteiger partial charge in [0.05, 0.1) is 5.54 Å². The standard InChI is InChI=1S/C15H22N2O/c1-15(8-4-10-17(15)2)11-18-14-6-3-5-13-12(14)7-9-16-13/h3,5-6,16H,4,7-11H2,1-2H3. The average molecular weight is 246 g/mol. The van der Waals surface area contributed by atoms with Crippen LogP contribution in [0.25, 0.3) is 0 Å². The number of hydrogen-bond acceptors (Lipinski definition) is 3. The molecule has 0 amide bonds. The fourth-order valence-electron chi connectivity index (χ4n) is 3.02. The minimum Gasteiger partial charge on any atom is -0.491 e. The van der Waals surface area contributed by atoms with Crippen molar-refractivity contribution in [2.45, 2.75) is 31.7 Å². The van der Waals surface area contributed by atoms with Crippen LogP contribution in [0.5, 0.6) is 5.75 Å². The highest BCUT2D eigenvalue weighted by molar-refractivity contribution is 5.61. The van der Waals surface area contributed by atoms with Crippen molar-refractivity contribution in [3.63, 3.8) is 0 Å². The molecule has 1 fully saturated rings. The number of likely N-dealkylation sites (tertiary alicyclic amines) is 1. The van der Waals surface area contributed by atoms with E-state index in [-0.39, 0.29) is 5.54 Å². The topological polar surface area (TPSA) is 24.5 Å². The molecule has 3 rings (SSSR count). The van der Waals surface area contributed by atoms with Gasteiger partial charge in [0, 0.05) is 17.8 Å². The first-order chi connectivity index (χ1) is 8.69. The summed E-state index contributed by atoms with van der Waals surface area (Å²) in [6, 6.07) is 6.32. The number of hydrogen-bond donors (Lipinski definition) is 1. The predicted octanol–water partition coefficient (Wildman–Crippen LogP) is 2.52. The molecule has 0 aromatic heterocycles. The summed E-state index contributed by atoms with van der Waals surface area (Å²) in [5, 5.41) is 3.40. The quantitative estimate of drug-likeness (QED) is 0.887. The van der Waals surface area contributed by atoms with Crippen LogP contribution in [0, 0.1) is 0 Å². The van der Waals surface area contributed by atoms with Crippen LogP contribution < -0.4 is 10.1 Å². The molecule has 1 unspecified atom stereocenters. The molecule has 3 nitrogen and oxygen atoms in total. The normalized spacial score (nSPS) is 27.0. The van der Waals surface area contributed by atoms with E-state index in [1.807, 2.05) is 0 Å². The summed E-state index contributed by atoms with van der Waals surface area (Å²) >= 11 is 0. The first-order valence-electron chi connectivity index (χ1n) is 6.89. The second-order valence-corrected chi connectivity index (χ2v) is 5.77. The van der Waals surface area contributed by atoms with E-state index in [9.17, 15) is 0 Å². The van der Waals surface area contributed by atoms with Crippen LogP contribution in [0.2, 0.25) is 0 Å². The first kappa shape index (κ1) is 11.8. The van der Waals surface area contributed by atoms with Gasteiger partial charge in [-0.1, -0.05) is 6.07 Å². The van der Waals surface area contributed by atoms with Gasteiger partial charge < -0.3 is 10.1 Å². The maximum atomic E-state index is 6.12. The molecule has 1 saturated heterocycles. The van der Waals surface area contributed by atoms with Crippen molar-refractivity contribution in [1.29, 1.82) is 0 Å². The minimum atomic E-state index is 0.203. The maximum Gasteiger partial charge on any atom is 0.124 e. The van der Waals surface area contributed by atoms with E-state index in [1.54, 1.807) is 0 Å². The zero-order chi connectivity index (χ0) is 12.6. The summed E-state index contributed by atoms with van der Waals surface area (Å²) in [7, 11) is 2.20. The van der Waals surface area contributed by atoms with E-state index in [0.29, 0.717) is 0 Å². The highest BCUT2D eigenvalue weighted by Crippen LogP contribution is 2.33. The largest absolute Gasteiger partial charge is 0.491 e. The van der Waals surface area contributed by atoms with Gasteiger partial charge in [-0.2, -0.15) is 0 Å². The molecule has 0 saturated carbocycles. The molecule has 0 radical (unpaired) electrons. The molecule has 98 valence electrons. The SMILES string of the molecule is CN1CCCC1(C)COc1cccc2c1CCN2. The highest BCUT2D eigenvalue weighted by atomic mass is 16.5. The number of likely N-dealkylation sites (N-methyl/N-ethyl adjacent to an activating group) is 1. The molecule has 2 aliphatic rings. The van der Waals surface area contributed by atoms with Crippen molar-refractivity contribution < 1.29 is 4.74 Å². The molecule has 1 atom stereocenters. The van der Waals surface area contributed by atoms with Gasteiger partial charge in [-0.15, -0.1) is 0 Å². The molecule has 1 aromatic carbocycles. The number of nitrogens with one attached hydrogen (secondary N) is 1. The molecule has 2 heterocycles. The fraction of sp³-hybridized carbons (Fsp3) is 0.600. The molecular weight excluding hydrogens is 224 g/mol. The molecule has 0 aliphatic carbocycles. The lowest BCUT2D eigenvalue weighted by Gasteiger charge is -2.32. The van der Waals surface area contributed by atoms with Crippen LogP contribution in [-0.4, -0.2) is 37.2 Å². The van der Waals surface area contributed by atoms with Gasteiger partial charge in [0.15, 0.2) is 0 Å². The number of nitrogens with zero attached hydrogens (tertiary/aromatic N) is 1. The molecule has 0 spiro atoms. The molecule has 0 bridgehead atoms. The number of fused-ring (bicyclic) bond motifs is 1. The smallest absolute Gasteiger partial charge is 0.124 e. The van der Waals surface area contributed by atoms with Gasteiger partial charge in [-0.3, -0.25) is 4.90 Å². The van der Waals surface area contributed by atoms with Crippen molar-refractivity contribution in [1.82, 2.24) is 4.90 Å². The van der Waals surface area contributed by atoms with E-state index < -0.39 is 0 Å². The van der Waals surface area contributed by atoms with Crippen LogP contribution in [0.1, 0.15) is 25.3 Å². The maximum absolute atomic E-state index is 6.12. The lowest BCUT2D eigenvalue weighted by atomic mass is 10.0. The summed E-state index contributed by atoms with van der Waals surface area (Å²) in [6.07, 6.45) is 3.60. The Morgan fingerprint density at radius 3 is 3.11 bits per heavy atom. The van der Waals surface area contributed by atoms with E-state index in [2.05, 4.69) is 42.4 Å². The summed E-state index contributed by atoms with van der Waals surface area (Å²) in [6.45, 7) is 5.32. The lowest BCUT2D eigenvalue weighted by molar-refractivity contribution is 0.113. The van der Waals surface area contributed by atoms with Crippen molar-refractivity contribution in [2.24, 2.45) is 0 Å². The zero-order valence-corrected chi connectivity index (χ0v) is 11.3. The Balaban J connectivity index is 1.72. The van der Waals surface area contributed by atoms with Crippen molar-refractivity contribution in [3.8, 4) is 5.75 Å². The van der Waals surface area contributed by atoms with Crippen LogP contribution in [-0.2, 0) is 6.42 Å². The third-order valence-electron chi connectivity index (χ3n) is 4.49. The Kier molecular flexibility index (Phi) is 2.94. The van der Waals surface area contributed by atoms with Crippen LogP contribution in [0.3, 0.4) is 0 Å². The van der Waals surface area contributed by atoms with E-state index in [0.717, 1.165) is 25.3 Å². The second kappa shape index (κ2) is 4.47. The molecule has 3 heteroatoms. The van der Waals surface area contributed by atoms with Crippen LogP contribution in [0.4, 0.5) is 5.69 Å². The van der Waals surface area contributed by atoms with Gasteiger partial charge in [-0.05, 0) is 51.9 Å². The summed E-state index contributed by atoms with van der Waals surface area (Å²) < 4.78 is 6.12. The Morgan fingerprint density at radius 1 is 1.44 bits per heavy atom. The Labute approximate surface area is 109 Å². The first-order valence-corrected chi connectivity index (χ1v) is 6.89. The van der Waals surface area contributed by atoms with E-state index in [4.69, 9.17) is 4.74 Å². The van der Waals surface area contributed by atoms with Crippen LogP contribution in [0.15, 0.2) is 18.2 Å². The number of benzene rings is 1. The molecule has 1 N–H and O–H groups in total. The van der Waals surface area contributed by atoms with Crippen molar-refractivity contribution >= 4 is 5.69 Å². The summed E-state index contributed by atoms with van der Waals surface area (Å²) in [5.41, 5.74) is 2.80. The minimum absolute atomic E-state index is 0.203. The zero-order valence-electron chi connectivity index (χ0n) is 11.3. The molecular formula is C15H22N2O. The summed E-state index contributed by atoms with van der Waals surface area (Å²) in [5.74, 6) is 1.07. The number of ether oxygens (including phenoxy) is 1. The Bertz CT molecular complexity index is 446. The second-order valence-electron chi connectivity index (χ2n) is 5.77. The van der Waals surface area contributed by atoms with Gasteiger partial charge in [0.1, 0.15) is 12.4 Å². The Hall–Kier alpha value is -1.22. The highest BCUT2D eigenvalue weighted by Gasteiger charge is 2.34. The average Bonchev–Trinajstić information content (AvgIpc) is 2.95. The lowest BCUT2D eigenvalue weighted by Crippen LogP contribution is -2.43. The monoisotopic (exact) mass is 246 g/mol. The number of anilines is 1. The van der Waals surface area contributed by atoms with Crippen molar-refractivity contribution in [3.05, 3.63) is 23.8 Å². The van der Waals surface area contributed by atoms with Gasteiger partial charge >= 0.3 is 0 Å².